The number of halogens is 1. The molecule has 86 valence electrons. The van der Waals surface area contributed by atoms with Crippen LogP contribution in [0.1, 0.15) is 21.5 Å². The Morgan fingerprint density at radius 3 is 2.24 bits per heavy atom. The Kier molecular flexibility index (Phi) is 3.47. The highest BCUT2D eigenvalue weighted by atomic mass is 127. The van der Waals surface area contributed by atoms with Crippen molar-refractivity contribution in [3.63, 3.8) is 0 Å². The Morgan fingerprint density at radius 1 is 1.06 bits per heavy atom. The van der Waals surface area contributed by atoms with E-state index in [9.17, 15) is 4.79 Å². The molecule has 0 atom stereocenters. The van der Waals surface area contributed by atoms with Gasteiger partial charge in [0.15, 0.2) is 5.78 Å². The summed E-state index contributed by atoms with van der Waals surface area (Å²) in [5, 5.41) is 0. The molecular formula is C14H12INO. The second-order valence-electron chi connectivity index (χ2n) is 3.91. The minimum absolute atomic E-state index is 0.0319. The number of nitrogen functional groups attached to an aromatic ring is 1. The molecule has 0 heterocycles. The maximum absolute atomic E-state index is 12.2. The highest BCUT2D eigenvalue weighted by Crippen LogP contribution is 2.17. The lowest BCUT2D eigenvalue weighted by atomic mass is 10.0. The first-order chi connectivity index (χ1) is 8.08. The zero-order valence-electron chi connectivity index (χ0n) is 9.41. The number of nitrogens with two attached hydrogens (primary N) is 1. The van der Waals surface area contributed by atoms with Crippen LogP contribution in [0, 0.1) is 10.5 Å². The minimum Gasteiger partial charge on any atom is -0.399 e. The molecule has 0 aliphatic heterocycles. The quantitative estimate of drug-likeness (QED) is 0.518. The van der Waals surface area contributed by atoms with Crippen LogP contribution in [0.3, 0.4) is 0 Å². The highest BCUT2D eigenvalue weighted by Gasteiger charge is 2.09. The highest BCUT2D eigenvalue weighted by molar-refractivity contribution is 14.1. The summed E-state index contributed by atoms with van der Waals surface area (Å²) in [4.78, 5) is 12.2. The summed E-state index contributed by atoms with van der Waals surface area (Å²) < 4.78 is 1.12. The fourth-order valence-corrected chi connectivity index (χ4v) is 1.94. The number of aryl methyl sites for hydroxylation is 1. The largest absolute Gasteiger partial charge is 0.399 e. The van der Waals surface area contributed by atoms with Crippen molar-refractivity contribution in [2.24, 2.45) is 0 Å². The zero-order chi connectivity index (χ0) is 12.4. The predicted molar refractivity (Wildman–Crippen MR) is 78.2 cm³/mol. The fraction of sp³-hybridized carbons (Fsp3) is 0.0714. The summed E-state index contributed by atoms with van der Waals surface area (Å²) in [5.74, 6) is 0.0319. The second kappa shape index (κ2) is 4.87. The maximum atomic E-state index is 12.2. The molecule has 0 radical (unpaired) electrons. The van der Waals surface area contributed by atoms with Crippen molar-refractivity contribution in [3.8, 4) is 0 Å². The van der Waals surface area contributed by atoms with Crippen LogP contribution in [0.25, 0.3) is 0 Å². The number of carbonyl (C=O) groups excluding carboxylic acids is 1. The summed E-state index contributed by atoms with van der Waals surface area (Å²) in [7, 11) is 0. The van der Waals surface area contributed by atoms with E-state index in [-0.39, 0.29) is 5.78 Å². The van der Waals surface area contributed by atoms with E-state index < -0.39 is 0 Å². The molecule has 0 amide bonds. The van der Waals surface area contributed by atoms with Gasteiger partial charge in [-0.2, -0.15) is 0 Å². The van der Waals surface area contributed by atoms with E-state index in [2.05, 4.69) is 22.6 Å². The van der Waals surface area contributed by atoms with Gasteiger partial charge in [-0.3, -0.25) is 4.79 Å². The first-order valence-corrected chi connectivity index (χ1v) is 6.32. The van der Waals surface area contributed by atoms with Crippen LogP contribution in [0.15, 0.2) is 42.5 Å². The van der Waals surface area contributed by atoms with Crippen LogP contribution in [-0.4, -0.2) is 5.78 Å². The molecule has 0 spiro atoms. The van der Waals surface area contributed by atoms with E-state index in [4.69, 9.17) is 5.73 Å². The van der Waals surface area contributed by atoms with Crippen molar-refractivity contribution in [1.82, 2.24) is 0 Å². The molecule has 2 aromatic carbocycles. The summed E-state index contributed by atoms with van der Waals surface area (Å²) in [6.45, 7) is 1.90. The molecule has 0 saturated carbocycles. The zero-order valence-corrected chi connectivity index (χ0v) is 11.6. The van der Waals surface area contributed by atoms with E-state index in [1.807, 2.05) is 37.3 Å². The van der Waals surface area contributed by atoms with E-state index in [1.54, 1.807) is 12.1 Å². The molecule has 2 rings (SSSR count). The number of rotatable bonds is 2. The normalized spacial score (nSPS) is 10.2. The van der Waals surface area contributed by atoms with Crippen molar-refractivity contribution in [1.29, 1.82) is 0 Å². The molecular weight excluding hydrogens is 325 g/mol. The topological polar surface area (TPSA) is 43.1 Å². The monoisotopic (exact) mass is 337 g/mol. The summed E-state index contributed by atoms with van der Waals surface area (Å²) in [5.41, 5.74) is 8.76. The standard InChI is InChI=1S/C14H12INO/c1-9-8-11(4-7-13(9)16)14(17)10-2-5-12(15)6-3-10/h2-8H,16H2,1H3. The van der Waals surface area contributed by atoms with Crippen LogP contribution < -0.4 is 5.73 Å². The van der Waals surface area contributed by atoms with Gasteiger partial charge in [0.25, 0.3) is 0 Å². The SMILES string of the molecule is Cc1cc(C(=O)c2ccc(I)cc2)ccc1N. The molecule has 17 heavy (non-hydrogen) atoms. The Hall–Kier alpha value is -1.36. The molecule has 3 heteroatoms. The molecule has 0 aromatic heterocycles. The first-order valence-electron chi connectivity index (χ1n) is 5.24. The third kappa shape index (κ3) is 2.66. The van der Waals surface area contributed by atoms with Gasteiger partial charge in [0.2, 0.25) is 0 Å². The number of benzene rings is 2. The van der Waals surface area contributed by atoms with Crippen LogP contribution in [0.2, 0.25) is 0 Å². The van der Waals surface area contributed by atoms with Crippen LogP contribution in [-0.2, 0) is 0 Å². The maximum Gasteiger partial charge on any atom is 0.193 e. The van der Waals surface area contributed by atoms with Gasteiger partial charge >= 0.3 is 0 Å². The van der Waals surface area contributed by atoms with Crippen molar-refractivity contribution in [3.05, 3.63) is 62.7 Å². The lowest BCUT2D eigenvalue weighted by molar-refractivity contribution is 0.103. The van der Waals surface area contributed by atoms with Gasteiger partial charge in [0, 0.05) is 20.4 Å². The number of hydrogen-bond acceptors (Lipinski definition) is 2. The van der Waals surface area contributed by atoms with Crippen molar-refractivity contribution in [2.75, 3.05) is 5.73 Å². The average molecular weight is 337 g/mol. The number of anilines is 1. The van der Waals surface area contributed by atoms with Crippen LogP contribution in [0.4, 0.5) is 5.69 Å². The molecule has 2 N–H and O–H groups in total. The lowest BCUT2D eigenvalue weighted by Crippen LogP contribution is -2.02. The van der Waals surface area contributed by atoms with Crippen molar-refractivity contribution in [2.45, 2.75) is 6.92 Å². The fourth-order valence-electron chi connectivity index (χ4n) is 1.58. The van der Waals surface area contributed by atoms with E-state index in [0.717, 1.165) is 9.13 Å². The van der Waals surface area contributed by atoms with Crippen LogP contribution in [0.5, 0.6) is 0 Å². The Labute approximate surface area is 114 Å². The van der Waals surface area contributed by atoms with Gasteiger partial charge in [0.05, 0.1) is 0 Å². The molecule has 2 nitrogen and oxygen atoms in total. The summed E-state index contributed by atoms with van der Waals surface area (Å²) in [6, 6.07) is 12.9. The molecule has 0 fully saturated rings. The van der Waals surface area contributed by atoms with Gasteiger partial charge in [-0.05, 0) is 77.5 Å². The van der Waals surface area contributed by atoms with Gasteiger partial charge in [-0.1, -0.05) is 0 Å². The predicted octanol–water partition coefficient (Wildman–Crippen LogP) is 3.41. The molecule has 0 aliphatic rings. The summed E-state index contributed by atoms with van der Waals surface area (Å²) in [6.07, 6.45) is 0. The minimum atomic E-state index is 0.0319. The second-order valence-corrected chi connectivity index (χ2v) is 5.15. The van der Waals surface area contributed by atoms with Crippen LogP contribution >= 0.6 is 22.6 Å². The van der Waals surface area contributed by atoms with Gasteiger partial charge < -0.3 is 5.73 Å². The third-order valence-electron chi connectivity index (χ3n) is 2.64. The number of carbonyl (C=O) groups is 1. The Bertz CT molecular complexity index is 561. The average Bonchev–Trinajstić information content (AvgIpc) is 2.33. The lowest BCUT2D eigenvalue weighted by Gasteiger charge is -2.04. The smallest absolute Gasteiger partial charge is 0.193 e. The van der Waals surface area contributed by atoms with Crippen molar-refractivity contribution < 1.29 is 4.79 Å². The van der Waals surface area contributed by atoms with Gasteiger partial charge in [-0.25, -0.2) is 0 Å². The Balaban J connectivity index is 2.37. The molecule has 0 unspecified atom stereocenters. The number of ketones is 1. The van der Waals surface area contributed by atoms with E-state index in [1.165, 1.54) is 0 Å². The number of hydrogen-bond donors (Lipinski definition) is 1. The first kappa shape index (κ1) is 12.1. The van der Waals surface area contributed by atoms with Gasteiger partial charge in [-0.15, -0.1) is 0 Å². The molecule has 0 aliphatic carbocycles. The van der Waals surface area contributed by atoms with Gasteiger partial charge in [0.1, 0.15) is 0 Å². The summed E-state index contributed by atoms with van der Waals surface area (Å²) >= 11 is 2.22. The molecule has 0 saturated heterocycles. The van der Waals surface area contributed by atoms with E-state index in [0.29, 0.717) is 16.8 Å². The Morgan fingerprint density at radius 2 is 1.65 bits per heavy atom. The molecule has 2 aromatic rings. The van der Waals surface area contributed by atoms with Crippen molar-refractivity contribution >= 4 is 34.1 Å². The van der Waals surface area contributed by atoms with E-state index >= 15 is 0 Å². The molecule has 0 bridgehead atoms. The third-order valence-corrected chi connectivity index (χ3v) is 3.36.